The van der Waals surface area contributed by atoms with Gasteiger partial charge in [0.2, 0.25) is 5.79 Å². The van der Waals surface area contributed by atoms with Gasteiger partial charge in [-0.3, -0.25) is 14.4 Å². The lowest BCUT2D eigenvalue weighted by Crippen LogP contribution is -2.64. The summed E-state index contributed by atoms with van der Waals surface area (Å²) >= 11 is 0. The van der Waals surface area contributed by atoms with Crippen molar-refractivity contribution in [2.75, 3.05) is 27.9 Å². The summed E-state index contributed by atoms with van der Waals surface area (Å²) in [6, 6.07) is -1.10. The van der Waals surface area contributed by atoms with Gasteiger partial charge in [0.05, 0.1) is 24.4 Å². The van der Waals surface area contributed by atoms with Crippen LogP contribution in [0.4, 0.5) is 0 Å². The molecule has 0 spiro atoms. The molecule has 14 atom stereocenters. The highest BCUT2D eigenvalue weighted by molar-refractivity contribution is 6.39. The number of esters is 1. The molecule has 0 aromatic heterocycles. The maximum absolute atomic E-state index is 14.3. The SMILES string of the molecule is COC1C[C@@H](C)C/C(C)=C/[C@@H](C)C(=O)C[C@H](O)[C@@H](C)[C@@H](/C(C)=C/[C@@H]2CCC(C)[C@H](OC)C2)OC(=O)C2CCCCN2C(=O)C(=O)[C@]2(O)O[C@H]1[C@@H](OC)C[C@H]2C. The number of methoxy groups -OCH3 is 3. The first kappa shape index (κ1) is 45.2. The molecule has 3 aliphatic heterocycles. The summed E-state index contributed by atoms with van der Waals surface area (Å²) in [6.45, 7) is 13.4. The molecular formula is C43H69NO11. The summed E-state index contributed by atoms with van der Waals surface area (Å²) < 4.78 is 30.0. The molecule has 312 valence electrons. The van der Waals surface area contributed by atoms with Gasteiger partial charge in [-0.25, -0.2) is 4.79 Å². The van der Waals surface area contributed by atoms with E-state index >= 15 is 0 Å². The van der Waals surface area contributed by atoms with Crippen molar-refractivity contribution in [2.24, 2.45) is 35.5 Å². The first-order chi connectivity index (χ1) is 25.9. The number of fused-ring (bicyclic) bond motifs is 3. The number of rotatable bonds is 5. The fraction of sp³-hybridized carbons (Fsp3) is 0.814. The van der Waals surface area contributed by atoms with E-state index in [4.69, 9.17) is 23.7 Å². The van der Waals surface area contributed by atoms with E-state index in [9.17, 15) is 29.4 Å². The number of cyclic esters (lactones) is 1. The van der Waals surface area contributed by atoms with Gasteiger partial charge >= 0.3 is 5.97 Å². The average Bonchev–Trinajstić information content (AvgIpc) is 3.15. The van der Waals surface area contributed by atoms with Crippen LogP contribution in [0.2, 0.25) is 0 Å². The van der Waals surface area contributed by atoms with Crippen molar-refractivity contribution < 1.29 is 53.1 Å². The van der Waals surface area contributed by atoms with Gasteiger partial charge in [0, 0.05) is 52.0 Å². The van der Waals surface area contributed by atoms with Crippen LogP contribution < -0.4 is 0 Å². The second kappa shape index (κ2) is 19.8. The highest BCUT2D eigenvalue weighted by Crippen LogP contribution is 2.39. The zero-order chi connectivity index (χ0) is 40.8. The Kier molecular flexibility index (Phi) is 16.3. The van der Waals surface area contributed by atoms with Gasteiger partial charge < -0.3 is 38.8 Å². The molecule has 0 aromatic rings. The van der Waals surface area contributed by atoms with Crippen LogP contribution in [0.3, 0.4) is 0 Å². The maximum Gasteiger partial charge on any atom is 0.329 e. The van der Waals surface area contributed by atoms with Gasteiger partial charge in [0.1, 0.15) is 24.0 Å². The van der Waals surface area contributed by atoms with Crippen LogP contribution in [0, 0.1) is 35.5 Å². The number of ether oxygens (including phenoxy) is 5. The summed E-state index contributed by atoms with van der Waals surface area (Å²) in [5.41, 5.74) is 1.74. The molecule has 3 unspecified atom stereocenters. The molecule has 55 heavy (non-hydrogen) atoms. The molecule has 1 aliphatic carbocycles. The van der Waals surface area contributed by atoms with E-state index in [1.165, 1.54) is 19.1 Å². The van der Waals surface area contributed by atoms with E-state index in [0.29, 0.717) is 31.6 Å². The molecule has 0 radical (unpaired) electrons. The number of carbonyl (C=O) groups is 4. The quantitative estimate of drug-likeness (QED) is 0.211. The normalized spacial score (nSPS) is 42.1. The molecule has 12 heteroatoms. The number of aliphatic hydroxyl groups is 2. The summed E-state index contributed by atoms with van der Waals surface area (Å²) in [4.78, 5) is 57.4. The van der Waals surface area contributed by atoms with E-state index in [-0.39, 0.29) is 49.5 Å². The van der Waals surface area contributed by atoms with E-state index in [0.717, 1.165) is 30.4 Å². The van der Waals surface area contributed by atoms with Crippen molar-refractivity contribution >= 4 is 23.4 Å². The van der Waals surface area contributed by atoms with Crippen LogP contribution in [0.5, 0.6) is 0 Å². The highest BCUT2D eigenvalue weighted by atomic mass is 16.7. The Morgan fingerprint density at radius 3 is 2.20 bits per heavy atom. The zero-order valence-corrected chi connectivity index (χ0v) is 35.0. The Hall–Kier alpha value is -2.48. The third-order valence-electron chi connectivity index (χ3n) is 13.0. The molecule has 1 saturated carbocycles. The van der Waals surface area contributed by atoms with Crippen LogP contribution in [0.1, 0.15) is 113 Å². The molecule has 3 fully saturated rings. The Morgan fingerprint density at radius 1 is 0.891 bits per heavy atom. The number of ketones is 2. The van der Waals surface area contributed by atoms with Gasteiger partial charge in [0.25, 0.3) is 11.7 Å². The standard InChI is InChI=1S/C43H69NO11/c1-24-17-25(2)19-36(52-9)39-37(53-10)21-29(6)43(50,55-39)40(47)41(48)44-16-12-11-13-32(44)42(49)54-38(30(7)34(46)23-33(45)27(4)18-24)28(5)20-31-15-14-26(3)35(22-31)51-8/h18,20,25-27,29-32,34-39,46,50H,11-17,19,21-23H2,1-10H3/b24-18+,28-20+/t25-,26?,27+,29+,30+,31-,32?,34-,35+,36?,37-,38+,39+,43+/m0/s1. The van der Waals surface area contributed by atoms with E-state index in [2.05, 4.69) is 19.9 Å². The predicted molar refractivity (Wildman–Crippen MR) is 207 cm³/mol. The molecule has 1 amide bonds. The Morgan fingerprint density at radius 2 is 1.55 bits per heavy atom. The molecule has 3 heterocycles. The Balaban J connectivity index is 1.75. The molecule has 2 saturated heterocycles. The highest BCUT2D eigenvalue weighted by Gasteiger charge is 2.56. The number of hydrogen-bond acceptors (Lipinski definition) is 11. The van der Waals surface area contributed by atoms with Crippen molar-refractivity contribution in [3.63, 3.8) is 0 Å². The number of aliphatic hydroxyl groups excluding tert-OH is 1. The van der Waals surface area contributed by atoms with Crippen molar-refractivity contribution in [1.29, 1.82) is 0 Å². The van der Waals surface area contributed by atoms with E-state index in [1.807, 2.05) is 26.8 Å². The van der Waals surface area contributed by atoms with Crippen LogP contribution in [-0.2, 0) is 42.9 Å². The third kappa shape index (κ3) is 10.7. The van der Waals surface area contributed by atoms with Crippen molar-refractivity contribution in [3.05, 3.63) is 23.3 Å². The minimum Gasteiger partial charge on any atom is -0.456 e. The second-order valence-corrected chi connectivity index (χ2v) is 17.3. The predicted octanol–water partition coefficient (Wildman–Crippen LogP) is 5.36. The smallest absolute Gasteiger partial charge is 0.329 e. The zero-order valence-electron chi connectivity index (χ0n) is 35.0. The monoisotopic (exact) mass is 775 g/mol. The van der Waals surface area contributed by atoms with Crippen LogP contribution >= 0.6 is 0 Å². The number of hydrogen-bond donors (Lipinski definition) is 2. The fourth-order valence-corrected chi connectivity index (χ4v) is 9.41. The molecular weight excluding hydrogens is 706 g/mol. The van der Waals surface area contributed by atoms with E-state index < -0.39 is 77.8 Å². The lowest BCUT2D eigenvalue weighted by Gasteiger charge is -2.47. The summed E-state index contributed by atoms with van der Waals surface area (Å²) in [5, 5.41) is 23.6. The summed E-state index contributed by atoms with van der Waals surface area (Å²) in [6.07, 6.45) is 5.48. The van der Waals surface area contributed by atoms with Crippen LogP contribution in [-0.4, -0.2) is 115 Å². The molecule has 4 rings (SSSR count). The number of nitrogens with zero attached hydrogens (tertiary/aromatic N) is 1. The molecule has 2 bridgehead atoms. The molecule has 2 N–H and O–H groups in total. The Bertz CT molecular complexity index is 1410. The van der Waals surface area contributed by atoms with Gasteiger partial charge in [0.15, 0.2) is 0 Å². The second-order valence-electron chi connectivity index (χ2n) is 17.3. The topological polar surface area (TPSA) is 158 Å². The maximum atomic E-state index is 14.3. The van der Waals surface area contributed by atoms with Crippen molar-refractivity contribution in [2.45, 2.75) is 161 Å². The van der Waals surface area contributed by atoms with Crippen molar-refractivity contribution in [1.82, 2.24) is 4.90 Å². The number of carbonyl (C=O) groups excluding carboxylic acids is 4. The minimum atomic E-state index is -2.48. The van der Waals surface area contributed by atoms with Crippen LogP contribution in [0.15, 0.2) is 23.3 Å². The summed E-state index contributed by atoms with van der Waals surface area (Å²) in [7, 11) is 4.80. The number of Topliss-reactive ketones (excluding diaryl/α,β-unsaturated/α-hetero) is 2. The van der Waals surface area contributed by atoms with Crippen molar-refractivity contribution in [3.8, 4) is 0 Å². The number of piperidine rings is 1. The van der Waals surface area contributed by atoms with E-state index in [1.54, 1.807) is 21.0 Å². The Labute approximate surface area is 328 Å². The third-order valence-corrected chi connectivity index (χ3v) is 13.0. The fourth-order valence-electron chi connectivity index (χ4n) is 9.41. The number of amides is 1. The lowest BCUT2D eigenvalue weighted by atomic mass is 9.79. The first-order valence-corrected chi connectivity index (χ1v) is 20.6. The molecule has 12 nitrogen and oxygen atoms in total. The largest absolute Gasteiger partial charge is 0.456 e. The molecule has 4 aliphatic rings. The number of allylic oxidation sites excluding steroid dienone is 3. The van der Waals surface area contributed by atoms with Gasteiger partial charge in [-0.05, 0) is 95.0 Å². The molecule has 0 aromatic carbocycles. The lowest BCUT2D eigenvalue weighted by molar-refractivity contribution is -0.302. The van der Waals surface area contributed by atoms with Gasteiger partial charge in [-0.2, -0.15) is 0 Å². The van der Waals surface area contributed by atoms with Crippen LogP contribution in [0.25, 0.3) is 0 Å². The van der Waals surface area contributed by atoms with Gasteiger partial charge in [-0.15, -0.1) is 0 Å². The van der Waals surface area contributed by atoms with Gasteiger partial charge in [-0.1, -0.05) is 52.3 Å². The first-order valence-electron chi connectivity index (χ1n) is 20.6. The minimum absolute atomic E-state index is 0.0495. The summed E-state index contributed by atoms with van der Waals surface area (Å²) in [5.74, 6) is -6.77. The average molecular weight is 776 g/mol.